The Morgan fingerprint density at radius 3 is 2.65 bits per heavy atom. The molecule has 100 valence electrons. The third kappa shape index (κ3) is 1.95. The van der Waals surface area contributed by atoms with Gasteiger partial charge in [-0.25, -0.2) is 4.98 Å². The second kappa shape index (κ2) is 4.67. The van der Waals surface area contributed by atoms with Crippen LogP contribution in [-0.2, 0) is 0 Å². The molecule has 0 spiro atoms. The fourth-order valence-corrected chi connectivity index (χ4v) is 2.91. The van der Waals surface area contributed by atoms with E-state index < -0.39 is 0 Å². The van der Waals surface area contributed by atoms with Crippen molar-refractivity contribution in [1.29, 1.82) is 0 Å². The fourth-order valence-electron chi connectivity index (χ4n) is 2.91. The summed E-state index contributed by atoms with van der Waals surface area (Å²) >= 11 is 0. The van der Waals surface area contributed by atoms with E-state index in [-0.39, 0.29) is 0 Å². The topological polar surface area (TPSA) is 31.9 Å². The number of nitrogens with zero attached hydrogens (tertiary/aromatic N) is 2. The highest BCUT2D eigenvalue weighted by Crippen LogP contribution is 2.26. The van der Waals surface area contributed by atoms with Crippen molar-refractivity contribution in [3.05, 3.63) is 48.5 Å². The minimum atomic E-state index is 0.951. The zero-order valence-corrected chi connectivity index (χ0v) is 11.3. The monoisotopic (exact) mass is 263 g/mol. The molecule has 3 heteroatoms. The van der Waals surface area contributed by atoms with Crippen molar-refractivity contribution in [2.24, 2.45) is 0 Å². The number of anilines is 1. The predicted octanol–water partition coefficient (Wildman–Crippen LogP) is 3.83. The molecule has 0 atom stereocenters. The number of para-hydroxylation sites is 2. The molecule has 1 N–H and O–H groups in total. The molecular formula is C17H17N3. The van der Waals surface area contributed by atoms with Crippen molar-refractivity contribution < 1.29 is 0 Å². The first-order chi connectivity index (χ1) is 9.90. The first-order valence-corrected chi connectivity index (χ1v) is 7.20. The van der Waals surface area contributed by atoms with Crippen LogP contribution in [0.5, 0.6) is 0 Å². The number of H-pyrrole nitrogens is 1. The van der Waals surface area contributed by atoms with Gasteiger partial charge in [0.15, 0.2) is 0 Å². The molecule has 1 aliphatic rings. The van der Waals surface area contributed by atoms with Crippen LogP contribution in [0.25, 0.3) is 22.4 Å². The van der Waals surface area contributed by atoms with Crippen LogP contribution >= 0.6 is 0 Å². The van der Waals surface area contributed by atoms with Crippen molar-refractivity contribution in [2.75, 3.05) is 18.0 Å². The Bertz CT molecular complexity index is 706. The third-order valence-electron chi connectivity index (χ3n) is 3.98. The number of aromatic nitrogens is 2. The lowest BCUT2D eigenvalue weighted by molar-refractivity contribution is 0.949. The minimum absolute atomic E-state index is 0.951. The van der Waals surface area contributed by atoms with Gasteiger partial charge in [0.1, 0.15) is 5.82 Å². The van der Waals surface area contributed by atoms with Crippen LogP contribution in [0, 0.1) is 0 Å². The predicted molar refractivity (Wildman–Crippen MR) is 83.0 cm³/mol. The molecule has 0 amide bonds. The van der Waals surface area contributed by atoms with Gasteiger partial charge in [-0.05, 0) is 37.1 Å². The van der Waals surface area contributed by atoms with E-state index in [2.05, 4.69) is 45.2 Å². The van der Waals surface area contributed by atoms with Gasteiger partial charge < -0.3 is 9.88 Å². The number of hydrogen-bond donors (Lipinski definition) is 1. The summed E-state index contributed by atoms with van der Waals surface area (Å²) in [6.07, 6.45) is 2.60. The van der Waals surface area contributed by atoms with Crippen LogP contribution in [0.3, 0.4) is 0 Å². The summed E-state index contributed by atoms with van der Waals surface area (Å²) < 4.78 is 0. The zero-order valence-electron chi connectivity index (χ0n) is 11.3. The summed E-state index contributed by atoms with van der Waals surface area (Å²) in [6, 6.07) is 16.8. The molecule has 2 heterocycles. The zero-order chi connectivity index (χ0) is 13.4. The van der Waals surface area contributed by atoms with Crippen molar-refractivity contribution in [1.82, 2.24) is 9.97 Å². The van der Waals surface area contributed by atoms with Crippen LogP contribution in [0.4, 0.5) is 5.69 Å². The summed E-state index contributed by atoms with van der Waals surface area (Å²) in [5.41, 5.74) is 4.58. The van der Waals surface area contributed by atoms with Crippen molar-refractivity contribution >= 4 is 16.7 Å². The van der Waals surface area contributed by atoms with Gasteiger partial charge in [-0.15, -0.1) is 0 Å². The van der Waals surface area contributed by atoms with E-state index in [9.17, 15) is 0 Å². The average molecular weight is 263 g/mol. The van der Waals surface area contributed by atoms with Gasteiger partial charge in [-0.1, -0.05) is 24.3 Å². The Morgan fingerprint density at radius 1 is 0.950 bits per heavy atom. The van der Waals surface area contributed by atoms with Crippen molar-refractivity contribution in [3.63, 3.8) is 0 Å². The summed E-state index contributed by atoms with van der Waals surface area (Å²) in [5.74, 6) is 0.951. The Morgan fingerprint density at radius 2 is 1.80 bits per heavy atom. The van der Waals surface area contributed by atoms with Crippen LogP contribution in [-0.4, -0.2) is 23.1 Å². The van der Waals surface area contributed by atoms with Gasteiger partial charge in [0.05, 0.1) is 11.0 Å². The molecule has 1 aliphatic heterocycles. The van der Waals surface area contributed by atoms with Gasteiger partial charge >= 0.3 is 0 Å². The summed E-state index contributed by atoms with van der Waals surface area (Å²) in [4.78, 5) is 10.5. The Kier molecular flexibility index (Phi) is 2.69. The van der Waals surface area contributed by atoms with Gasteiger partial charge in [0.25, 0.3) is 0 Å². The van der Waals surface area contributed by atoms with Crippen LogP contribution < -0.4 is 4.90 Å². The number of benzene rings is 2. The van der Waals surface area contributed by atoms with E-state index in [4.69, 9.17) is 0 Å². The molecule has 1 saturated heterocycles. The molecule has 3 nitrogen and oxygen atoms in total. The molecule has 2 aromatic carbocycles. The number of fused-ring (bicyclic) bond motifs is 1. The van der Waals surface area contributed by atoms with E-state index in [1.165, 1.54) is 31.6 Å². The highest BCUT2D eigenvalue weighted by atomic mass is 15.1. The maximum absolute atomic E-state index is 4.68. The first-order valence-electron chi connectivity index (χ1n) is 7.20. The lowest BCUT2D eigenvalue weighted by Gasteiger charge is -2.17. The maximum Gasteiger partial charge on any atom is 0.138 e. The van der Waals surface area contributed by atoms with Crippen LogP contribution in [0.1, 0.15) is 12.8 Å². The molecule has 20 heavy (non-hydrogen) atoms. The number of rotatable bonds is 2. The summed E-state index contributed by atoms with van der Waals surface area (Å²) in [7, 11) is 0. The average Bonchev–Trinajstić information content (AvgIpc) is 3.16. The number of hydrogen-bond acceptors (Lipinski definition) is 2. The molecule has 1 fully saturated rings. The van der Waals surface area contributed by atoms with Crippen molar-refractivity contribution in [2.45, 2.75) is 12.8 Å². The highest BCUT2D eigenvalue weighted by Gasteiger charge is 2.13. The molecule has 1 aromatic heterocycles. The Labute approximate surface area is 118 Å². The van der Waals surface area contributed by atoms with Crippen molar-refractivity contribution in [3.8, 4) is 11.4 Å². The second-order valence-corrected chi connectivity index (χ2v) is 5.35. The highest BCUT2D eigenvalue weighted by molar-refractivity contribution is 5.79. The molecule has 0 radical (unpaired) electrons. The molecule has 3 aromatic rings. The Balaban J connectivity index is 1.75. The number of imidazole rings is 1. The van der Waals surface area contributed by atoms with E-state index in [0.717, 1.165) is 22.4 Å². The molecule has 0 saturated carbocycles. The normalized spacial score (nSPS) is 15.1. The third-order valence-corrected chi connectivity index (χ3v) is 3.98. The summed E-state index contributed by atoms with van der Waals surface area (Å²) in [5, 5.41) is 0. The lowest BCUT2D eigenvalue weighted by atomic mass is 10.2. The standard InChI is InChI=1S/C17H17N3/c1-2-9-16-15(8-1)18-17(19-16)13-6-5-7-14(12-13)20-10-3-4-11-20/h1-2,5-9,12H,3-4,10-11H2,(H,18,19). The number of aromatic amines is 1. The van der Waals surface area contributed by atoms with E-state index >= 15 is 0 Å². The van der Waals surface area contributed by atoms with Gasteiger partial charge in [0.2, 0.25) is 0 Å². The van der Waals surface area contributed by atoms with Gasteiger partial charge in [0, 0.05) is 24.3 Å². The minimum Gasteiger partial charge on any atom is -0.372 e. The molecule has 0 aliphatic carbocycles. The van der Waals surface area contributed by atoms with E-state index in [1.54, 1.807) is 0 Å². The van der Waals surface area contributed by atoms with Gasteiger partial charge in [-0.2, -0.15) is 0 Å². The SMILES string of the molecule is c1cc(-c2nc3ccccc3[nH]2)cc(N2CCCC2)c1. The van der Waals surface area contributed by atoms with Crippen LogP contribution in [0.15, 0.2) is 48.5 Å². The quantitative estimate of drug-likeness (QED) is 0.762. The van der Waals surface area contributed by atoms with E-state index in [1.807, 2.05) is 18.2 Å². The molecule has 0 bridgehead atoms. The number of nitrogens with one attached hydrogen (secondary N) is 1. The Hall–Kier alpha value is -2.29. The van der Waals surface area contributed by atoms with Gasteiger partial charge in [-0.3, -0.25) is 0 Å². The second-order valence-electron chi connectivity index (χ2n) is 5.35. The fraction of sp³-hybridized carbons (Fsp3) is 0.235. The van der Waals surface area contributed by atoms with Crippen LogP contribution in [0.2, 0.25) is 0 Å². The maximum atomic E-state index is 4.68. The lowest BCUT2D eigenvalue weighted by Crippen LogP contribution is -2.17. The molecule has 0 unspecified atom stereocenters. The summed E-state index contributed by atoms with van der Waals surface area (Å²) in [6.45, 7) is 2.34. The smallest absolute Gasteiger partial charge is 0.138 e. The molecule has 4 rings (SSSR count). The largest absolute Gasteiger partial charge is 0.372 e. The molecular weight excluding hydrogens is 246 g/mol. The van der Waals surface area contributed by atoms with E-state index in [0.29, 0.717) is 0 Å². The first kappa shape index (κ1) is 11.5.